The highest BCUT2D eigenvalue weighted by molar-refractivity contribution is 5.87. The SMILES string of the molecule is C[C@H](CCC(=O)N(CCO)CCO)[C@H]1CC[C@H]2[C@@H]3CC[C@@H]4C[C@@H](N)CC[C@]4(C)[C@H]3CC(=O)[C@]12C. The van der Waals surface area contributed by atoms with Gasteiger partial charge in [0.25, 0.3) is 0 Å². The molecular weight excluding hydrogens is 428 g/mol. The van der Waals surface area contributed by atoms with Crippen LogP contribution in [-0.4, -0.2) is 59.1 Å². The van der Waals surface area contributed by atoms with Crippen LogP contribution in [0.3, 0.4) is 0 Å². The smallest absolute Gasteiger partial charge is 0.222 e. The molecule has 0 heterocycles. The Morgan fingerprint density at radius 1 is 1.09 bits per heavy atom. The van der Waals surface area contributed by atoms with Crippen molar-refractivity contribution in [2.24, 2.45) is 52.1 Å². The highest BCUT2D eigenvalue weighted by atomic mass is 16.3. The van der Waals surface area contributed by atoms with Crippen LogP contribution in [0.4, 0.5) is 0 Å². The molecule has 0 aromatic heterocycles. The van der Waals surface area contributed by atoms with Crippen molar-refractivity contribution in [3.63, 3.8) is 0 Å². The molecule has 0 spiro atoms. The molecule has 4 aliphatic carbocycles. The largest absolute Gasteiger partial charge is 0.395 e. The van der Waals surface area contributed by atoms with Crippen molar-refractivity contribution in [2.75, 3.05) is 26.3 Å². The molecule has 0 radical (unpaired) electrons. The molecule has 4 saturated carbocycles. The topological polar surface area (TPSA) is 104 Å². The highest BCUT2D eigenvalue weighted by Gasteiger charge is 2.63. The predicted molar refractivity (Wildman–Crippen MR) is 133 cm³/mol. The third-order valence-electron chi connectivity index (χ3n) is 11.2. The Bertz CT molecular complexity index is 753. The van der Waals surface area contributed by atoms with E-state index in [1.165, 1.54) is 19.3 Å². The minimum absolute atomic E-state index is 0.00793. The van der Waals surface area contributed by atoms with E-state index in [9.17, 15) is 19.8 Å². The standard InChI is InChI=1S/C28H48N2O4/c1-18(4-9-26(34)30(12-14-31)13-15-32)22-7-8-23-21-6-5-19-16-20(29)10-11-27(19,2)24(21)17-25(33)28(22,23)3/h18-24,31-32H,4-17,29H2,1-3H3/t18-,19-,20+,21+,22-,23+,24+,27+,28-/m1/s1. The molecule has 1 amide bonds. The Kier molecular flexibility index (Phi) is 7.81. The molecule has 6 nitrogen and oxygen atoms in total. The second-order valence-corrected chi connectivity index (χ2v) is 12.6. The maximum atomic E-state index is 13.9. The average molecular weight is 477 g/mol. The molecule has 0 unspecified atom stereocenters. The Morgan fingerprint density at radius 3 is 2.47 bits per heavy atom. The van der Waals surface area contributed by atoms with Crippen LogP contribution in [-0.2, 0) is 9.59 Å². The number of aliphatic hydroxyl groups excluding tert-OH is 2. The van der Waals surface area contributed by atoms with Gasteiger partial charge in [0.2, 0.25) is 5.91 Å². The normalized spacial score (nSPS) is 42.5. The predicted octanol–water partition coefficient (Wildman–Crippen LogP) is 3.38. The van der Waals surface area contributed by atoms with E-state index in [4.69, 9.17) is 5.73 Å². The van der Waals surface area contributed by atoms with Crippen molar-refractivity contribution >= 4 is 11.7 Å². The fraction of sp³-hybridized carbons (Fsp3) is 0.929. The molecule has 34 heavy (non-hydrogen) atoms. The lowest BCUT2D eigenvalue weighted by Gasteiger charge is -2.60. The molecule has 0 aromatic rings. The number of ketones is 1. The third kappa shape index (κ3) is 4.37. The van der Waals surface area contributed by atoms with E-state index in [2.05, 4.69) is 20.8 Å². The van der Waals surface area contributed by atoms with Crippen LogP contribution >= 0.6 is 0 Å². The summed E-state index contributed by atoms with van der Waals surface area (Å²) in [7, 11) is 0. The second-order valence-electron chi connectivity index (χ2n) is 12.6. The molecule has 0 aliphatic heterocycles. The molecule has 4 fully saturated rings. The van der Waals surface area contributed by atoms with Crippen LogP contribution in [0.5, 0.6) is 0 Å². The zero-order valence-electron chi connectivity index (χ0n) is 21.7. The van der Waals surface area contributed by atoms with E-state index in [1.54, 1.807) is 4.90 Å². The van der Waals surface area contributed by atoms with Gasteiger partial charge in [-0.15, -0.1) is 0 Å². The van der Waals surface area contributed by atoms with Gasteiger partial charge in [0.1, 0.15) is 5.78 Å². The van der Waals surface area contributed by atoms with Crippen LogP contribution in [0.25, 0.3) is 0 Å². The van der Waals surface area contributed by atoms with Crippen molar-refractivity contribution < 1.29 is 19.8 Å². The number of nitrogens with two attached hydrogens (primary N) is 1. The lowest BCUT2D eigenvalue weighted by Crippen LogP contribution is -2.57. The average Bonchev–Trinajstić information content (AvgIpc) is 3.17. The molecule has 4 N–H and O–H groups in total. The minimum atomic E-state index is -0.256. The van der Waals surface area contributed by atoms with Crippen LogP contribution < -0.4 is 5.73 Å². The highest BCUT2D eigenvalue weighted by Crippen LogP contribution is 2.67. The van der Waals surface area contributed by atoms with Crippen LogP contribution in [0.15, 0.2) is 0 Å². The summed E-state index contributed by atoms with van der Waals surface area (Å²) in [6.07, 6.45) is 10.1. The van der Waals surface area contributed by atoms with Gasteiger partial charge in [0.05, 0.1) is 13.2 Å². The van der Waals surface area contributed by atoms with E-state index in [1.807, 2.05) is 0 Å². The van der Waals surface area contributed by atoms with Gasteiger partial charge in [-0.2, -0.15) is 0 Å². The lowest BCUT2D eigenvalue weighted by atomic mass is 9.44. The summed E-state index contributed by atoms with van der Waals surface area (Å²) < 4.78 is 0. The number of nitrogens with zero attached hydrogens (tertiary/aromatic N) is 1. The van der Waals surface area contributed by atoms with E-state index in [0.717, 1.165) is 38.5 Å². The van der Waals surface area contributed by atoms with Crippen molar-refractivity contribution in [3.8, 4) is 0 Å². The summed E-state index contributed by atoms with van der Waals surface area (Å²) in [5.74, 6) is 3.46. The maximum absolute atomic E-state index is 13.9. The van der Waals surface area contributed by atoms with Gasteiger partial charge in [-0.3, -0.25) is 9.59 Å². The first-order chi connectivity index (χ1) is 16.2. The van der Waals surface area contributed by atoms with Crippen molar-refractivity contribution in [1.82, 2.24) is 4.90 Å². The van der Waals surface area contributed by atoms with Gasteiger partial charge in [0, 0.05) is 37.4 Å². The molecule has 4 aliphatic rings. The summed E-state index contributed by atoms with van der Waals surface area (Å²) in [4.78, 5) is 28.1. The van der Waals surface area contributed by atoms with Gasteiger partial charge in [-0.05, 0) is 92.3 Å². The Balaban J connectivity index is 1.45. The number of carbonyl (C=O) groups excluding carboxylic acids is 2. The summed E-state index contributed by atoms with van der Waals surface area (Å²) in [5, 5.41) is 18.5. The molecule has 6 heteroatoms. The molecule has 0 saturated heterocycles. The second kappa shape index (κ2) is 10.2. The first-order valence-electron chi connectivity index (χ1n) is 13.9. The quantitative estimate of drug-likeness (QED) is 0.498. The molecular formula is C28H48N2O4. The fourth-order valence-corrected chi connectivity index (χ4v) is 9.25. The summed E-state index contributed by atoms with van der Waals surface area (Å²) in [6.45, 7) is 7.32. The monoisotopic (exact) mass is 476 g/mol. The molecule has 0 aromatic carbocycles. The first-order valence-corrected chi connectivity index (χ1v) is 13.9. The molecule has 0 bridgehead atoms. The lowest BCUT2D eigenvalue weighted by molar-refractivity contribution is -0.157. The molecule has 194 valence electrons. The Morgan fingerprint density at radius 2 is 1.79 bits per heavy atom. The van der Waals surface area contributed by atoms with Gasteiger partial charge in [-0.25, -0.2) is 0 Å². The van der Waals surface area contributed by atoms with Crippen molar-refractivity contribution in [1.29, 1.82) is 0 Å². The van der Waals surface area contributed by atoms with Crippen molar-refractivity contribution in [3.05, 3.63) is 0 Å². The zero-order valence-corrected chi connectivity index (χ0v) is 21.7. The maximum Gasteiger partial charge on any atom is 0.222 e. The van der Waals surface area contributed by atoms with E-state index < -0.39 is 0 Å². The fourth-order valence-electron chi connectivity index (χ4n) is 9.25. The Hall–Kier alpha value is -0.980. The molecule has 9 atom stereocenters. The number of fused-ring (bicyclic) bond motifs is 5. The van der Waals surface area contributed by atoms with E-state index >= 15 is 0 Å². The summed E-state index contributed by atoms with van der Waals surface area (Å²) >= 11 is 0. The Labute approximate surface area is 206 Å². The third-order valence-corrected chi connectivity index (χ3v) is 11.2. The van der Waals surface area contributed by atoms with Gasteiger partial charge < -0.3 is 20.8 Å². The zero-order chi connectivity index (χ0) is 24.7. The van der Waals surface area contributed by atoms with Crippen molar-refractivity contribution in [2.45, 2.75) is 91.0 Å². The van der Waals surface area contributed by atoms with Crippen LogP contribution in [0.2, 0.25) is 0 Å². The van der Waals surface area contributed by atoms with Gasteiger partial charge in [0.15, 0.2) is 0 Å². The van der Waals surface area contributed by atoms with Crippen LogP contribution in [0.1, 0.15) is 85.0 Å². The number of hydrogen-bond acceptors (Lipinski definition) is 5. The van der Waals surface area contributed by atoms with E-state index in [0.29, 0.717) is 53.8 Å². The van der Waals surface area contributed by atoms with Crippen LogP contribution in [0, 0.1) is 46.3 Å². The number of hydrogen-bond donors (Lipinski definition) is 3. The van der Waals surface area contributed by atoms with E-state index in [-0.39, 0.29) is 43.0 Å². The minimum Gasteiger partial charge on any atom is -0.395 e. The number of amides is 1. The van der Waals surface area contributed by atoms with Gasteiger partial charge in [-0.1, -0.05) is 20.8 Å². The number of rotatable bonds is 8. The summed E-state index contributed by atoms with van der Waals surface area (Å²) in [5.41, 5.74) is 6.35. The number of carbonyl (C=O) groups is 2. The number of aliphatic hydroxyl groups is 2. The first kappa shape index (κ1) is 26.1. The number of Topliss-reactive ketones (excluding diaryl/α,β-unsaturated/α-hetero) is 1. The molecule has 4 rings (SSSR count). The summed E-state index contributed by atoms with van der Waals surface area (Å²) in [6, 6.07) is 0.337. The van der Waals surface area contributed by atoms with Gasteiger partial charge >= 0.3 is 0 Å².